The first-order valence-corrected chi connectivity index (χ1v) is 7.36. The second-order valence-electron chi connectivity index (χ2n) is 5.81. The van der Waals surface area contributed by atoms with Crippen LogP contribution in [0.25, 0.3) is 10.9 Å². The summed E-state index contributed by atoms with van der Waals surface area (Å²) < 4.78 is 13.1. The number of carbonyl (C=O) groups excluding carboxylic acids is 1. The van der Waals surface area contributed by atoms with Gasteiger partial charge in [0.15, 0.2) is 0 Å². The van der Waals surface area contributed by atoms with Gasteiger partial charge in [-0.3, -0.25) is 4.79 Å². The monoisotopic (exact) mass is 290 g/mol. The smallest absolute Gasteiger partial charge is 0.267 e. The average Bonchev–Trinajstić information content (AvgIpc) is 2.88. The number of halogens is 1. The number of aromatic nitrogens is 1. The molecule has 4 nitrogen and oxygen atoms in total. The van der Waals surface area contributed by atoms with Crippen molar-refractivity contribution >= 4 is 16.8 Å². The van der Waals surface area contributed by atoms with Crippen molar-refractivity contribution in [2.75, 3.05) is 6.54 Å². The molecule has 1 aliphatic rings. The molecule has 0 bridgehead atoms. The highest BCUT2D eigenvalue weighted by Crippen LogP contribution is 2.23. The van der Waals surface area contributed by atoms with E-state index in [4.69, 9.17) is 0 Å². The number of hydrogen-bond donors (Lipinski definition) is 3. The van der Waals surface area contributed by atoms with Crippen LogP contribution >= 0.6 is 0 Å². The van der Waals surface area contributed by atoms with Crippen LogP contribution in [0.4, 0.5) is 4.39 Å². The summed E-state index contributed by atoms with van der Waals surface area (Å²) in [5, 5.41) is 13.2. The third-order valence-corrected chi connectivity index (χ3v) is 4.13. The van der Waals surface area contributed by atoms with Crippen molar-refractivity contribution in [3.8, 4) is 0 Å². The number of aliphatic hydroxyl groups excluding tert-OH is 1. The molecule has 112 valence electrons. The molecule has 1 aliphatic carbocycles. The molecule has 0 saturated heterocycles. The van der Waals surface area contributed by atoms with Crippen molar-refractivity contribution in [1.82, 2.24) is 10.3 Å². The van der Waals surface area contributed by atoms with Crippen LogP contribution in [-0.2, 0) is 0 Å². The van der Waals surface area contributed by atoms with E-state index in [0.717, 1.165) is 31.2 Å². The molecule has 1 heterocycles. The van der Waals surface area contributed by atoms with Gasteiger partial charge in [0.05, 0.1) is 6.10 Å². The molecule has 0 radical (unpaired) electrons. The summed E-state index contributed by atoms with van der Waals surface area (Å²) in [7, 11) is 0. The van der Waals surface area contributed by atoms with Crippen molar-refractivity contribution in [1.29, 1.82) is 0 Å². The zero-order chi connectivity index (χ0) is 14.8. The van der Waals surface area contributed by atoms with Crippen LogP contribution in [0.1, 0.15) is 36.2 Å². The molecule has 1 saturated carbocycles. The Morgan fingerprint density at radius 2 is 2.24 bits per heavy atom. The van der Waals surface area contributed by atoms with E-state index in [-0.39, 0.29) is 17.8 Å². The number of nitrogens with one attached hydrogen (secondary N) is 2. The summed E-state index contributed by atoms with van der Waals surface area (Å²) in [5.41, 5.74) is 1.18. The molecule has 2 unspecified atom stereocenters. The fraction of sp³-hybridized carbons (Fsp3) is 0.438. The molecule has 2 aromatic rings. The summed E-state index contributed by atoms with van der Waals surface area (Å²) in [6, 6.07) is 6.05. The van der Waals surface area contributed by atoms with Gasteiger partial charge in [-0.15, -0.1) is 0 Å². The van der Waals surface area contributed by atoms with Crippen LogP contribution in [0.2, 0.25) is 0 Å². The van der Waals surface area contributed by atoms with E-state index in [0.29, 0.717) is 23.5 Å². The van der Waals surface area contributed by atoms with Crippen molar-refractivity contribution in [2.45, 2.75) is 31.8 Å². The summed E-state index contributed by atoms with van der Waals surface area (Å²) in [6.45, 7) is 0.569. The van der Waals surface area contributed by atoms with Gasteiger partial charge in [-0.1, -0.05) is 6.42 Å². The quantitative estimate of drug-likeness (QED) is 0.813. The molecular formula is C16H19FN2O2. The van der Waals surface area contributed by atoms with E-state index < -0.39 is 0 Å². The zero-order valence-electron chi connectivity index (χ0n) is 11.7. The summed E-state index contributed by atoms with van der Waals surface area (Å²) >= 11 is 0. The predicted molar refractivity (Wildman–Crippen MR) is 78.6 cm³/mol. The molecule has 21 heavy (non-hydrogen) atoms. The minimum absolute atomic E-state index is 0.188. The third kappa shape index (κ3) is 3.24. The number of aliphatic hydroxyl groups is 1. The van der Waals surface area contributed by atoms with Gasteiger partial charge in [-0.2, -0.15) is 0 Å². The molecule has 1 aromatic carbocycles. The third-order valence-electron chi connectivity index (χ3n) is 4.13. The predicted octanol–water partition coefficient (Wildman–Crippen LogP) is 2.59. The van der Waals surface area contributed by atoms with Crippen LogP contribution in [0, 0.1) is 11.7 Å². The number of aromatic amines is 1. The number of hydrogen-bond acceptors (Lipinski definition) is 2. The fourth-order valence-electron chi connectivity index (χ4n) is 3.01. The Kier molecular flexibility index (Phi) is 3.92. The van der Waals surface area contributed by atoms with Crippen LogP contribution in [0.5, 0.6) is 0 Å². The highest BCUT2D eigenvalue weighted by molar-refractivity contribution is 5.97. The SMILES string of the molecule is O=C(NCC1CCCC(O)C1)c1cc2cc(F)ccc2[nH]1. The van der Waals surface area contributed by atoms with Crippen molar-refractivity contribution in [3.63, 3.8) is 0 Å². The highest BCUT2D eigenvalue weighted by atomic mass is 19.1. The number of fused-ring (bicyclic) bond motifs is 1. The second kappa shape index (κ2) is 5.85. The zero-order valence-corrected chi connectivity index (χ0v) is 11.7. The highest BCUT2D eigenvalue weighted by Gasteiger charge is 2.21. The fourth-order valence-corrected chi connectivity index (χ4v) is 3.01. The van der Waals surface area contributed by atoms with Crippen molar-refractivity contribution < 1.29 is 14.3 Å². The Morgan fingerprint density at radius 1 is 1.38 bits per heavy atom. The van der Waals surface area contributed by atoms with E-state index >= 15 is 0 Å². The van der Waals surface area contributed by atoms with E-state index in [1.807, 2.05) is 0 Å². The van der Waals surface area contributed by atoms with E-state index in [9.17, 15) is 14.3 Å². The molecule has 3 N–H and O–H groups in total. The number of H-pyrrole nitrogens is 1. The van der Waals surface area contributed by atoms with Gasteiger partial charge >= 0.3 is 0 Å². The molecule has 1 amide bonds. The van der Waals surface area contributed by atoms with Crippen molar-refractivity contribution in [2.24, 2.45) is 5.92 Å². The van der Waals surface area contributed by atoms with Crippen LogP contribution in [-0.4, -0.2) is 28.6 Å². The number of carbonyl (C=O) groups is 1. The standard InChI is InChI=1S/C16H19FN2O2/c17-12-4-5-14-11(7-12)8-15(19-14)16(21)18-9-10-2-1-3-13(20)6-10/h4-5,7-8,10,13,19-20H,1-3,6,9H2,(H,18,21). The lowest BCUT2D eigenvalue weighted by Gasteiger charge is -2.25. The second-order valence-corrected chi connectivity index (χ2v) is 5.81. The average molecular weight is 290 g/mol. The Morgan fingerprint density at radius 3 is 3.05 bits per heavy atom. The number of benzene rings is 1. The number of rotatable bonds is 3. The van der Waals surface area contributed by atoms with E-state index in [1.165, 1.54) is 12.1 Å². The van der Waals surface area contributed by atoms with Gasteiger partial charge in [0.1, 0.15) is 11.5 Å². The van der Waals surface area contributed by atoms with Gasteiger partial charge in [-0.05, 0) is 49.4 Å². The van der Waals surface area contributed by atoms with Crippen molar-refractivity contribution in [3.05, 3.63) is 35.8 Å². The largest absolute Gasteiger partial charge is 0.393 e. The molecule has 1 aromatic heterocycles. The van der Waals surface area contributed by atoms with Crippen LogP contribution < -0.4 is 5.32 Å². The summed E-state index contributed by atoms with van der Waals surface area (Å²) in [6.07, 6.45) is 3.41. The maximum absolute atomic E-state index is 13.1. The first kappa shape index (κ1) is 14.1. The van der Waals surface area contributed by atoms with Crippen LogP contribution in [0.3, 0.4) is 0 Å². The van der Waals surface area contributed by atoms with Gasteiger partial charge in [-0.25, -0.2) is 4.39 Å². The Bertz CT molecular complexity index is 653. The maximum atomic E-state index is 13.1. The first-order chi connectivity index (χ1) is 10.1. The molecule has 2 atom stereocenters. The van der Waals surface area contributed by atoms with Gasteiger partial charge in [0.25, 0.3) is 5.91 Å². The normalized spacial score (nSPS) is 22.4. The Labute approximate surface area is 122 Å². The lowest BCUT2D eigenvalue weighted by molar-refractivity contribution is 0.0871. The number of amides is 1. The summed E-state index contributed by atoms with van der Waals surface area (Å²) in [5.74, 6) is -0.171. The Hall–Kier alpha value is -1.88. The first-order valence-electron chi connectivity index (χ1n) is 7.36. The molecule has 1 fully saturated rings. The maximum Gasteiger partial charge on any atom is 0.267 e. The lowest BCUT2D eigenvalue weighted by atomic mass is 9.87. The molecule has 3 rings (SSSR count). The minimum atomic E-state index is -0.315. The molecule has 5 heteroatoms. The topological polar surface area (TPSA) is 65.1 Å². The van der Waals surface area contributed by atoms with Crippen LogP contribution in [0.15, 0.2) is 24.3 Å². The van der Waals surface area contributed by atoms with E-state index in [1.54, 1.807) is 12.1 Å². The Balaban J connectivity index is 1.63. The van der Waals surface area contributed by atoms with Gasteiger partial charge < -0.3 is 15.4 Å². The van der Waals surface area contributed by atoms with Gasteiger partial charge in [0.2, 0.25) is 0 Å². The molecule has 0 spiro atoms. The minimum Gasteiger partial charge on any atom is -0.393 e. The van der Waals surface area contributed by atoms with Gasteiger partial charge in [0, 0.05) is 17.4 Å². The molecule has 0 aliphatic heterocycles. The lowest BCUT2D eigenvalue weighted by Crippen LogP contribution is -2.33. The summed E-state index contributed by atoms with van der Waals surface area (Å²) in [4.78, 5) is 15.1. The van der Waals surface area contributed by atoms with E-state index in [2.05, 4.69) is 10.3 Å². The molecular weight excluding hydrogens is 271 g/mol.